The normalized spacial score (nSPS) is 10.7. The highest BCUT2D eigenvalue weighted by Gasteiger charge is 2.06. The van der Waals surface area contributed by atoms with Crippen LogP contribution in [0.3, 0.4) is 0 Å². The standard InChI is InChI=1S/C14H15BrFNO2/c1-2-17-8-11-4-5-12(19-11)9-18-14-6-3-10(16)7-13(14)15/h3-7,17H,2,8-9H2,1H3. The fourth-order valence-electron chi connectivity index (χ4n) is 1.58. The lowest BCUT2D eigenvalue weighted by molar-refractivity contribution is 0.263. The van der Waals surface area contributed by atoms with Gasteiger partial charge in [-0.3, -0.25) is 0 Å². The Balaban J connectivity index is 1.92. The van der Waals surface area contributed by atoms with E-state index in [-0.39, 0.29) is 5.82 Å². The molecule has 19 heavy (non-hydrogen) atoms. The first-order valence-electron chi connectivity index (χ1n) is 6.05. The number of halogens is 2. The van der Waals surface area contributed by atoms with Gasteiger partial charge in [0.25, 0.3) is 0 Å². The van der Waals surface area contributed by atoms with E-state index in [1.165, 1.54) is 12.1 Å². The first-order valence-corrected chi connectivity index (χ1v) is 6.84. The number of benzene rings is 1. The molecule has 0 radical (unpaired) electrons. The van der Waals surface area contributed by atoms with Crippen molar-refractivity contribution in [1.82, 2.24) is 5.32 Å². The molecule has 3 nitrogen and oxygen atoms in total. The van der Waals surface area contributed by atoms with Crippen molar-refractivity contribution in [2.24, 2.45) is 0 Å². The van der Waals surface area contributed by atoms with Gasteiger partial charge in [0.2, 0.25) is 0 Å². The van der Waals surface area contributed by atoms with Crippen LogP contribution in [0.15, 0.2) is 39.2 Å². The van der Waals surface area contributed by atoms with Crippen molar-refractivity contribution < 1.29 is 13.5 Å². The van der Waals surface area contributed by atoms with Crippen LogP contribution < -0.4 is 10.1 Å². The van der Waals surface area contributed by atoms with Gasteiger partial charge in [0.15, 0.2) is 0 Å². The van der Waals surface area contributed by atoms with Crippen LogP contribution in [0.4, 0.5) is 4.39 Å². The van der Waals surface area contributed by atoms with E-state index in [0.29, 0.717) is 23.4 Å². The van der Waals surface area contributed by atoms with E-state index in [2.05, 4.69) is 21.2 Å². The second-order valence-electron chi connectivity index (χ2n) is 4.01. The largest absolute Gasteiger partial charge is 0.484 e. The summed E-state index contributed by atoms with van der Waals surface area (Å²) in [5.41, 5.74) is 0. The maximum atomic E-state index is 12.9. The van der Waals surface area contributed by atoms with Crippen molar-refractivity contribution in [3.63, 3.8) is 0 Å². The monoisotopic (exact) mass is 327 g/mol. The lowest BCUT2D eigenvalue weighted by Gasteiger charge is -2.06. The summed E-state index contributed by atoms with van der Waals surface area (Å²) in [5.74, 6) is 1.90. The van der Waals surface area contributed by atoms with Gasteiger partial charge in [0.05, 0.1) is 11.0 Å². The Hall–Kier alpha value is -1.33. The van der Waals surface area contributed by atoms with Gasteiger partial charge in [-0.15, -0.1) is 0 Å². The summed E-state index contributed by atoms with van der Waals surface area (Å²) in [6, 6.07) is 8.11. The topological polar surface area (TPSA) is 34.4 Å². The number of ether oxygens (including phenoxy) is 1. The maximum absolute atomic E-state index is 12.9. The fourth-order valence-corrected chi connectivity index (χ4v) is 2.05. The minimum Gasteiger partial charge on any atom is -0.484 e. The van der Waals surface area contributed by atoms with E-state index in [1.54, 1.807) is 6.07 Å². The molecule has 5 heteroatoms. The van der Waals surface area contributed by atoms with Crippen molar-refractivity contribution in [1.29, 1.82) is 0 Å². The van der Waals surface area contributed by atoms with Crippen LogP contribution in [0, 0.1) is 5.82 Å². The lowest BCUT2D eigenvalue weighted by atomic mass is 10.3. The van der Waals surface area contributed by atoms with Crippen molar-refractivity contribution in [2.45, 2.75) is 20.1 Å². The molecule has 0 atom stereocenters. The summed E-state index contributed by atoms with van der Waals surface area (Å²) in [4.78, 5) is 0. The third kappa shape index (κ3) is 4.08. The van der Waals surface area contributed by atoms with Crippen LogP contribution in [0.1, 0.15) is 18.4 Å². The number of furan rings is 1. The second kappa shape index (κ2) is 6.73. The second-order valence-corrected chi connectivity index (χ2v) is 4.87. The van der Waals surface area contributed by atoms with E-state index >= 15 is 0 Å². The first kappa shape index (κ1) is 14.1. The molecule has 1 heterocycles. The molecule has 0 spiro atoms. The van der Waals surface area contributed by atoms with Crippen LogP contribution in [0.2, 0.25) is 0 Å². The predicted octanol–water partition coefficient (Wildman–Crippen LogP) is 3.87. The minimum absolute atomic E-state index is 0.301. The molecule has 0 unspecified atom stereocenters. The summed E-state index contributed by atoms with van der Waals surface area (Å²) in [7, 11) is 0. The highest BCUT2D eigenvalue weighted by Crippen LogP contribution is 2.26. The minimum atomic E-state index is -0.301. The van der Waals surface area contributed by atoms with Gasteiger partial charge in [-0.1, -0.05) is 6.92 Å². The van der Waals surface area contributed by atoms with Gasteiger partial charge in [0, 0.05) is 0 Å². The average Bonchev–Trinajstić information content (AvgIpc) is 2.83. The molecule has 102 valence electrons. The molecule has 0 fully saturated rings. The average molecular weight is 328 g/mol. The van der Waals surface area contributed by atoms with E-state index in [0.717, 1.165) is 18.1 Å². The summed E-state index contributed by atoms with van der Waals surface area (Å²) in [6.07, 6.45) is 0. The zero-order chi connectivity index (χ0) is 13.7. The molecule has 0 bridgehead atoms. The van der Waals surface area contributed by atoms with E-state index in [1.807, 2.05) is 19.1 Å². The van der Waals surface area contributed by atoms with Gasteiger partial charge in [-0.25, -0.2) is 4.39 Å². The molecule has 2 aromatic rings. The smallest absolute Gasteiger partial charge is 0.146 e. The van der Waals surface area contributed by atoms with Gasteiger partial charge in [-0.2, -0.15) is 0 Å². The van der Waals surface area contributed by atoms with Crippen molar-refractivity contribution in [2.75, 3.05) is 6.54 Å². The number of hydrogen-bond donors (Lipinski definition) is 1. The molecule has 1 aromatic heterocycles. The van der Waals surface area contributed by atoms with Crippen LogP contribution in [-0.4, -0.2) is 6.54 Å². The lowest BCUT2D eigenvalue weighted by Crippen LogP contribution is -2.10. The fraction of sp³-hybridized carbons (Fsp3) is 0.286. The Morgan fingerprint density at radius 2 is 2.05 bits per heavy atom. The van der Waals surface area contributed by atoms with Crippen LogP contribution in [0.25, 0.3) is 0 Å². The van der Waals surface area contributed by atoms with Gasteiger partial charge >= 0.3 is 0 Å². The van der Waals surface area contributed by atoms with E-state index in [9.17, 15) is 4.39 Å². The third-order valence-corrected chi connectivity index (χ3v) is 3.15. The Morgan fingerprint density at radius 3 is 2.79 bits per heavy atom. The van der Waals surface area contributed by atoms with Crippen LogP contribution in [0.5, 0.6) is 5.75 Å². The molecule has 0 saturated heterocycles. The zero-order valence-electron chi connectivity index (χ0n) is 10.6. The van der Waals surface area contributed by atoms with Crippen LogP contribution >= 0.6 is 15.9 Å². The molecule has 1 aromatic carbocycles. The van der Waals surface area contributed by atoms with Gasteiger partial charge in [0.1, 0.15) is 29.7 Å². The maximum Gasteiger partial charge on any atom is 0.146 e. The zero-order valence-corrected chi connectivity index (χ0v) is 12.2. The van der Waals surface area contributed by atoms with Crippen LogP contribution in [-0.2, 0) is 13.2 Å². The molecule has 0 aliphatic carbocycles. The highest BCUT2D eigenvalue weighted by molar-refractivity contribution is 9.10. The summed E-state index contributed by atoms with van der Waals surface area (Å²) < 4.78 is 24.7. The molecule has 0 saturated carbocycles. The highest BCUT2D eigenvalue weighted by atomic mass is 79.9. The molecule has 0 aliphatic heterocycles. The van der Waals surface area contributed by atoms with Crippen molar-refractivity contribution in [3.8, 4) is 5.75 Å². The van der Waals surface area contributed by atoms with E-state index < -0.39 is 0 Å². The SMILES string of the molecule is CCNCc1ccc(COc2ccc(F)cc2Br)o1. The Labute approximate surface area is 119 Å². The Kier molecular flexibility index (Phi) is 4.99. The molecule has 1 N–H and O–H groups in total. The van der Waals surface area contributed by atoms with Gasteiger partial charge in [-0.05, 0) is 52.8 Å². The number of hydrogen-bond acceptors (Lipinski definition) is 3. The molecular formula is C14H15BrFNO2. The summed E-state index contributed by atoms with van der Waals surface area (Å²) in [6.45, 7) is 3.96. The first-order chi connectivity index (χ1) is 9.19. The number of nitrogens with one attached hydrogen (secondary N) is 1. The molecular weight excluding hydrogens is 313 g/mol. The Bertz CT molecular complexity index is 542. The third-order valence-electron chi connectivity index (χ3n) is 2.53. The Morgan fingerprint density at radius 1 is 1.26 bits per heavy atom. The van der Waals surface area contributed by atoms with E-state index in [4.69, 9.17) is 9.15 Å². The van der Waals surface area contributed by atoms with Crippen molar-refractivity contribution >= 4 is 15.9 Å². The van der Waals surface area contributed by atoms with Crippen molar-refractivity contribution in [3.05, 3.63) is 52.1 Å². The van der Waals surface area contributed by atoms with Gasteiger partial charge < -0.3 is 14.5 Å². The summed E-state index contributed by atoms with van der Waals surface area (Å²) in [5, 5.41) is 3.18. The number of rotatable bonds is 6. The predicted molar refractivity (Wildman–Crippen MR) is 74.5 cm³/mol. The molecule has 0 aliphatic rings. The molecule has 2 rings (SSSR count). The molecule has 0 amide bonds. The summed E-state index contributed by atoms with van der Waals surface area (Å²) >= 11 is 3.25. The quantitative estimate of drug-likeness (QED) is 0.874.